The number of carbonyl (C=O) groups excluding carboxylic acids is 2. The molecule has 0 saturated heterocycles. The zero-order valence-electron chi connectivity index (χ0n) is 13.8. The van der Waals surface area contributed by atoms with Crippen LogP contribution in [0.2, 0.25) is 15.1 Å². The van der Waals surface area contributed by atoms with Crippen molar-refractivity contribution < 1.29 is 9.59 Å². The van der Waals surface area contributed by atoms with E-state index in [0.29, 0.717) is 31.5 Å². The zero-order valence-corrected chi connectivity index (χ0v) is 16.0. The molecular formula is C20H12Cl3NO3. The Kier molecular flexibility index (Phi) is 5.80. The molecule has 136 valence electrons. The first-order chi connectivity index (χ1) is 12.8. The normalized spacial score (nSPS) is 11.2. The number of aromatic amines is 1. The fourth-order valence-electron chi connectivity index (χ4n) is 2.51. The van der Waals surface area contributed by atoms with Crippen molar-refractivity contribution in [2.75, 3.05) is 0 Å². The summed E-state index contributed by atoms with van der Waals surface area (Å²) in [6.45, 7) is 0. The largest absolute Gasteiger partial charge is 0.321 e. The predicted octanol–water partition coefficient (Wildman–Crippen LogP) is 5.34. The van der Waals surface area contributed by atoms with Gasteiger partial charge in [-0.1, -0.05) is 46.9 Å². The van der Waals surface area contributed by atoms with Crippen LogP contribution >= 0.6 is 34.8 Å². The van der Waals surface area contributed by atoms with Crippen molar-refractivity contribution in [2.45, 2.75) is 6.42 Å². The van der Waals surface area contributed by atoms with E-state index in [2.05, 4.69) is 4.98 Å². The summed E-state index contributed by atoms with van der Waals surface area (Å²) in [7, 11) is 0. The van der Waals surface area contributed by atoms with Crippen molar-refractivity contribution in [3.63, 3.8) is 0 Å². The van der Waals surface area contributed by atoms with E-state index >= 15 is 0 Å². The molecule has 7 heteroatoms. The van der Waals surface area contributed by atoms with Crippen molar-refractivity contribution in [1.29, 1.82) is 0 Å². The van der Waals surface area contributed by atoms with Gasteiger partial charge < -0.3 is 4.98 Å². The van der Waals surface area contributed by atoms with Crippen LogP contribution in [0.15, 0.2) is 53.3 Å². The molecule has 0 saturated carbocycles. The van der Waals surface area contributed by atoms with Crippen LogP contribution in [0.3, 0.4) is 0 Å². The Bertz CT molecular complexity index is 1150. The van der Waals surface area contributed by atoms with Crippen LogP contribution in [0.4, 0.5) is 0 Å². The standard InChI is InChI=1S/C20H12Cl3NO3/c21-13-4-1-11(17(23)8-13)3-6-15(25)10-19(26)16-7-12-2-5-14(22)9-18(12)24-20(16)27/h1-9H,10H2,(H,24,27)/b6-3+. The van der Waals surface area contributed by atoms with Gasteiger partial charge in [0.2, 0.25) is 0 Å². The number of fused-ring (bicyclic) bond motifs is 1. The van der Waals surface area contributed by atoms with E-state index in [9.17, 15) is 14.4 Å². The Labute approximate surface area is 169 Å². The molecule has 0 spiro atoms. The molecule has 0 aliphatic heterocycles. The van der Waals surface area contributed by atoms with Gasteiger partial charge >= 0.3 is 0 Å². The van der Waals surface area contributed by atoms with Gasteiger partial charge in [-0.05, 0) is 53.4 Å². The molecule has 3 aromatic rings. The van der Waals surface area contributed by atoms with Crippen LogP contribution in [0, 0.1) is 0 Å². The van der Waals surface area contributed by atoms with E-state index in [4.69, 9.17) is 34.8 Å². The molecule has 1 N–H and O–H groups in total. The highest BCUT2D eigenvalue weighted by atomic mass is 35.5. The first-order valence-corrected chi connectivity index (χ1v) is 8.98. The number of hydrogen-bond donors (Lipinski definition) is 1. The molecule has 1 aromatic heterocycles. The Hall–Kier alpha value is -2.40. The summed E-state index contributed by atoms with van der Waals surface area (Å²) in [5, 5.41) is 2.00. The Morgan fingerprint density at radius 1 is 0.963 bits per heavy atom. The third-order valence-electron chi connectivity index (χ3n) is 3.85. The van der Waals surface area contributed by atoms with Crippen molar-refractivity contribution >= 4 is 63.3 Å². The van der Waals surface area contributed by atoms with Gasteiger partial charge in [-0.25, -0.2) is 0 Å². The number of H-pyrrole nitrogens is 1. The highest BCUT2D eigenvalue weighted by molar-refractivity contribution is 6.35. The topological polar surface area (TPSA) is 67.0 Å². The van der Waals surface area contributed by atoms with Gasteiger partial charge in [-0.15, -0.1) is 0 Å². The van der Waals surface area contributed by atoms with E-state index < -0.39 is 23.5 Å². The van der Waals surface area contributed by atoms with Crippen molar-refractivity contribution in [3.05, 3.63) is 85.1 Å². The first kappa shape index (κ1) is 19.4. The van der Waals surface area contributed by atoms with Crippen LogP contribution < -0.4 is 5.56 Å². The third-order valence-corrected chi connectivity index (χ3v) is 4.65. The SMILES string of the molecule is O=C(/C=C/c1ccc(Cl)cc1Cl)CC(=O)c1cc2ccc(Cl)cc2[nH]c1=O. The number of benzene rings is 2. The average Bonchev–Trinajstić information content (AvgIpc) is 2.60. The summed E-state index contributed by atoms with van der Waals surface area (Å²) in [4.78, 5) is 39.2. The van der Waals surface area contributed by atoms with Gasteiger partial charge in [0.05, 0.1) is 12.0 Å². The van der Waals surface area contributed by atoms with Crippen LogP contribution in [0.25, 0.3) is 17.0 Å². The van der Waals surface area contributed by atoms with E-state index in [1.807, 2.05) is 0 Å². The Balaban J connectivity index is 1.78. The van der Waals surface area contributed by atoms with E-state index in [1.54, 1.807) is 36.4 Å². The fourth-order valence-corrected chi connectivity index (χ4v) is 3.16. The summed E-state index contributed by atoms with van der Waals surface area (Å²) in [6.07, 6.45) is 2.33. The number of aromatic nitrogens is 1. The first-order valence-electron chi connectivity index (χ1n) is 7.85. The predicted molar refractivity (Wildman–Crippen MR) is 109 cm³/mol. The summed E-state index contributed by atoms with van der Waals surface area (Å²) < 4.78 is 0. The molecule has 0 aliphatic rings. The van der Waals surface area contributed by atoms with E-state index in [-0.39, 0.29) is 5.56 Å². The highest BCUT2D eigenvalue weighted by Gasteiger charge is 2.15. The second-order valence-electron chi connectivity index (χ2n) is 5.81. The molecule has 0 bridgehead atoms. The second-order valence-corrected chi connectivity index (χ2v) is 7.09. The molecule has 0 unspecified atom stereocenters. The lowest BCUT2D eigenvalue weighted by molar-refractivity contribution is -0.113. The van der Waals surface area contributed by atoms with Crippen molar-refractivity contribution in [2.24, 2.45) is 0 Å². The van der Waals surface area contributed by atoms with Crippen LogP contribution in [0.5, 0.6) is 0 Å². The minimum Gasteiger partial charge on any atom is -0.321 e. The summed E-state index contributed by atoms with van der Waals surface area (Å²) in [5.41, 5.74) is 0.485. The lowest BCUT2D eigenvalue weighted by Gasteiger charge is -2.03. The van der Waals surface area contributed by atoms with Gasteiger partial charge in [-0.3, -0.25) is 14.4 Å². The molecule has 3 rings (SSSR count). The van der Waals surface area contributed by atoms with Crippen LogP contribution in [-0.2, 0) is 4.79 Å². The minimum atomic E-state index is -0.565. The van der Waals surface area contributed by atoms with Crippen molar-refractivity contribution in [3.8, 4) is 0 Å². The molecule has 0 amide bonds. The zero-order chi connectivity index (χ0) is 19.6. The Morgan fingerprint density at radius 3 is 2.41 bits per heavy atom. The number of halogens is 3. The quantitative estimate of drug-likeness (QED) is 0.344. The number of nitrogens with one attached hydrogen (secondary N) is 1. The number of Topliss-reactive ketones (excluding diaryl/α,β-unsaturated/α-hetero) is 1. The molecule has 4 nitrogen and oxygen atoms in total. The molecule has 0 radical (unpaired) electrons. The monoisotopic (exact) mass is 419 g/mol. The number of rotatable bonds is 5. The van der Waals surface area contributed by atoms with E-state index in [1.165, 1.54) is 18.2 Å². The molecule has 1 heterocycles. The van der Waals surface area contributed by atoms with Crippen molar-refractivity contribution in [1.82, 2.24) is 4.98 Å². The fraction of sp³-hybridized carbons (Fsp3) is 0.0500. The Morgan fingerprint density at radius 2 is 1.67 bits per heavy atom. The number of pyridine rings is 1. The lowest BCUT2D eigenvalue weighted by Crippen LogP contribution is -2.19. The number of allylic oxidation sites excluding steroid dienone is 1. The third kappa shape index (κ3) is 4.66. The summed E-state index contributed by atoms with van der Waals surface area (Å²) in [5.74, 6) is -1.01. The molecule has 2 aromatic carbocycles. The van der Waals surface area contributed by atoms with Gasteiger partial charge in [-0.2, -0.15) is 0 Å². The second kappa shape index (κ2) is 8.09. The smallest absolute Gasteiger partial charge is 0.259 e. The summed E-state index contributed by atoms with van der Waals surface area (Å²) >= 11 is 17.7. The van der Waals surface area contributed by atoms with E-state index in [0.717, 1.165) is 0 Å². The lowest BCUT2D eigenvalue weighted by atomic mass is 10.0. The molecule has 0 fully saturated rings. The maximum atomic E-state index is 12.4. The average molecular weight is 421 g/mol. The molecule has 27 heavy (non-hydrogen) atoms. The maximum Gasteiger partial charge on any atom is 0.259 e. The number of ketones is 2. The minimum absolute atomic E-state index is 0.0731. The molecule has 0 aliphatic carbocycles. The van der Waals surface area contributed by atoms with Crippen LogP contribution in [-0.4, -0.2) is 16.6 Å². The maximum absolute atomic E-state index is 12.4. The number of hydrogen-bond acceptors (Lipinski definition) is 3. The van der Waals surface area contributed by atoms with Crippen LogP contribution in [0.1, 0.15) is 22.3 Å². The van der Waals surface area contributed by atoms with Gasteiger partial charge in [0.25, 0.3) is 5.56 Å². The number of carbonyl (C=O) groups is 2. The summed E-state index contributed by atoms with van der Waals surface area (Å²) in [6, 6.07) is 11.3. The van der Waals surface area contributed by atoms with Gasteiger partial charge in [0.1, 0.15) is 0 Å². The molecule has 0 atom stereocenters. The molecular weight excluding hydrogens is 409 g/mol. The van der Waals surface area contributed by atoms with Gasteiger partial charge in [0, 0.05) is 20.6 Å². The van der Waals surface area contributed by atoms with Gasteiger partial charge in [0.15, 0.2) is 11.6 Å². The highest BCUT2D eigenvalue weighted by Crippen LogP contribution is 2.22.